The molecule has 0 aliphatic carbocycles. The molecular weight excluding hydrogens is 461 g/mol. The average Bonchev–Trinajstić information content (AvgIpc) is 3.18. The molecule has 4 rings (SSSR count). The van der Waals surface area contributed by atoms with Gasteiger partial charge in [0.15, 0.2) is 9.84 Å². The molecule has 0 atom stereocenters. The molecule has 2 heterocycles. The fourth-order valence-electron chi connectivity index (χ4n) is 3.93. The topological polar surface area (TPSA) is 51.4 Å². The summed E-state index contributed by atoms with van der Waals surface area (Å²) in [5, 5.41) is -0.504. The van der Waals surface area contributed by atoms with Crippen LogP contribution in [0.25, 0.3) is 28.0 Å². The van der Waals surface area contributed by atoms with Crippen molar-refractivity contribution in [2.24, 2.45) is 0 Å². The van der Waals surface area contributed by atoms with Gasteiger partial charge in [-0.25, -0.2) is 13.4 Å². The van der Waals surface area contributed by atoms with Crippen LogP contribution in [0.4, 0.5) is 13.2 Å². The molecular formula is C26H25F3N2O2S. The molecule has 0 amide bonds. The molecule has 0 spiro atoms. The molecule has 0 saturated carbocycles. The molecule has 0 unspecified atom stereocenters. The Balaban J connectivity index is 1.77. The van der Waals surface area contributed by atoms with Gasteiger partial charge in [-0.2, -0.15) is 13.2 Å². The highest BCUT2D eigenvalue weighted by Crippen LogP contribution is 2.37. The number of rotatable bonds is 5. The second-order valence-electron chi connectivity index (χ2n) is 8.81. The Labute approximate surface area is 197 Å². The van der Waals surface area contributed by atoms with Crippen LogP contribution in [0.2, 0.25) is 0 Å². The molecule has 0 aliphatic heterocycles. The summed E-state index contributed by atoms with van der Waals surface area (Å²) in [4.78, 5) is 4.64. The number of halogens is 3. The molecule has 4 aromatic rings. The van der Waals surface area contributed by atoms with Gasteiger partial charge in [0, 0.05) is 11.8 Å². The monoisotopic (exact) mass is 486 g/mol. The number of fused-ring (bicyclic) bond motifs is 1. The van der Waals surface area contributed by atoms with Crippen LogP contribution < -0.4 is 0 Å². The lowest BCUT2D eigenvalue weighted by Crippen LogP contribution is -2.13. The van der Waals surface area contributed by atoms with Crippen LogP contribution in [0.15, 0.2) is 71.8 Å². The normalized spacial score (nSPS) is 12.7. The van der Waals surface area contributed by atoms with Crippen molar-refractivity contribution in [3.05, 3.63) is 78.1 Å². The first-order valence-electron chi connectivity index (χ1n) is 10.9. The highest BCUT2D eigenvalue weighted by molar-refractivity contribution is 7.92. The first kappa shape index (κ1) is 24.0. The molecule has 0 saturated heterocycles. The van der Waals surface area contributed by atoms with E-state index in [-0.39, 0.29) is 16.5 Å². The van der Waals surface area contributed by atoms with Crippen molar-refractivity contribution in [1.82, 2.24) is 9.38 Å². The number of nitrogens with zero attached hydrogens (tertiary/aromatic N) is 2. The second kappa shape index (κ2) is 8.58. The number of pyridine rings is 1. The summed E-state index contributed by atoms with van der Waals surface area (Å²) in [6, 6.07) is 16.6. The summed E-state index contributed by atoms with van der Waals surface area (Å²) in [6.07, 6.45) is -2.90. The summed E-state index contributed by atoms with van der Waals surface area (Å²) in [5.74, 6) is -0.0777. The van der Waals surface area contributed by atoms with Gasteiger partial charge in [0.05, 0.1) is 27.1 Å². The van der Waals surface area contributed by atoms with E-state index in [1.807, 2.05) is 38.1 Å². The molecule has 4 nitrogen and oxygen atoms in total. The number of aromatic nitrogens is 2. The van der Waals surface area contributed by atoms with Crippen molar-refractivity contribution in [1.29, 1.82) is 0 Å². The van der Waals surface area contributed by atoms with Crippen molar-refractivity contribution in [3.8, 4) is 22.4 Å². The molecule has 8 heteroatoms. The third-order valence-corrected chi connectivity index (χ3v) is 7.99. The van der Waals surface area contributed by atoms with E-state index in [9.17, 15) is 21.6 Å². The fourth-order valence-corrected chi connectivity index (χ4v) is 4.99. The Kier molecular flexibility index (Phi) is 6.06. The maximum absolute atomic E-state index is 13.6. The molecule has 0 bridgehead atoms. The van der Waals surface area contributed by atoms with Crippen LogP contribution in [0.3, 0.4) is 0 Å². The summed E-state index contributed by atoms with van der Waals surface area (Å²) < 4.78 is 66.9. The third-order valence-electron chi connectivity index (χ3n) is 5.82. The summed E-state index contributed by atoms with van der Waals surface area (Å²) >= 11 is 0. The molecule has 0 aliphatic rings. The van der Waals surface area contributed by atoms with Crippen LogP contribution >= 0.6 is 0 Å². The van der Waals surface area contributed by atoms with Crippen LogP contribution in [-0.4, -0.2) is 23.1 Å². The molecule has 2 aromatic heterocycles. The van der Waals surface area contributed by atoms with Gasteiger partial charge in [0.25, 0.3) is 0 Å². The number of sulfone groups is 1. The van der Waals surface area contributed by atoms with E-state index < -0.39 is 26.8 Å². The first-order chi connectivity index (χ1) is 15.9. The van der Waals surface area contributed by atoms with Crippen molar-refractivity contribution in [2.75, 3.05) is 0 Å². The highest BCUT2D eigenvalue weighted by Gasteiger charge is 2.35. The van der Waals surface area contributed by atoms with E-state index in [2.05, 4.69) is 4.98 Å². The van der Waals surface area contributed by atoms with Crippen LogP contribution in [-0.2, 0) is 16.0 Å². The maximum atomic E-state index is 13.6. The SMILES string of the molecule is CC(C)c1nc2c(C(F)(F)F)cccn2c1-c1ccc(-c2ccc(S(=O)(=O)C(C)C)cc2)cc1. The Morgan fingerprint density at radius 1 is 0.824 bits per heavy atom. The molecule has 0 fully saturated rings. The smallest absolute Gasteiger partial charge is 0.299 e. The molecule has 0 N–H and O–H groups in total. The van der Waals surface area contributed by atoms with Crippen molar-refractivity contribution in [3.63, 3.8) is 0 Å². The Morgan fingerprint density at radius 3 is 1.85 bits per heavy atom. The van der Waals surface area contributed by atoms with Gasteiger partial charge in [-0.3, -0.25) is 4.40 Å². The van der Waals surface area contributed by atoms with Crippen molar-refractivity contribution < 1.29 is 21.6 Å². The average molecular weight is 487 g/mol. The Hall–Kier alpha value is -3.13. The van der Waals surface area contributed by atoms with E-state index in [1.54, 1.807) is 44.3 Å². The molecule has 0 radical (unpaired) electrons. The number of hydrogen-bond donors (Lipinski definition) is 0. The summed E-state index contributed by atoms with van der Waals surface area (Å²) in [6.45, 7) is 7.09. The number of benzene rings is 2. The second-order valence-corrected chi connectivity index (χ2v) is 11.3. The summed E-state index contributed by atoms with van der Waals surface area (Å²) in [7, 11) is -3.35. The first-order valence-corrected chi connectivity index (χ1v) is 12.5. The molecule has 34 heavy (non-hydrogen) atoms. The van der Waals surface area contributed by atoms with Gasteiger partial charge in [0.1, 0.15) is 5.65 Å². The number of alkyl halides is 3. The fraction of sp³-hybridized carbons (Fsp3) is 0.269. The minimum absolute atomic E-state index is 0.0777. The minimum Gasteiger partial charge on any atom is -0.299 e. The molecule has 2 aromatic carbocycles. The van der Waals surface area contributed by atoms with E-state index in [4.69, 9.17) is 0 Å². The van der Waals surface area contributed by atoms with E-state index in [1.165, 1.54) is 10.5 Å². The third kappa shape index (κ3) is 4.22. The van der Waals surface area contributed by atoms with E-state index in [0.29, 0.717) is 11.4 Å². The number of hydrogen-bond acceptors (Lipinski definition) is 3. The van der Waals surface area contributed by atoms with Gasteiger partial charge in [-0.05, 0) is 55.2 Å². The van der Waals surface area contributed by atoms with Crippen molar-refractivity contribution in [2.45, 2.75) is 49.9 Å². The zero-order chi connectivity index (χ0) is 24.8. The van der Waals surface area contributed by atoms with Crippen molar-refractivity contribution >= 4 is 15.5 Å². The van der Waals surface area contributed by atoms with Gasteiger partial charge in [0.2, 0.25) is 0 Å². The van der Waals surface area contributed by atoms with Crippen LogP contribution in [0.5, 0.6) is 0 Å². The summed E-state index contributed by atoms with van der Waals surface area (Å²) in [5.41, 5.74) is 2.80. The highest BCUT2D eigenvalue weighted by atomic mass is 32.2. The zero-order valence-electron chi connectivity index (χ0n) is 19.3. The quantitative estimate of drug-likeness (QED) is 0.305. The van der Waals surface area contributed by atoms with Gasteiger partial charge in [-0.1, -0.05) is 50.2 Å². The lowest BCUT2D eigenvalue weighted by molar-refractivity contribution is -0.136. The predicted molar refractivity (Wildman–Crippen MR) is 127 cm³/mol. The lowest BCUT2D eigenvalue weighted by Gasteiger charge is -2.11. The largest absolute Gasteiger partial charge is 0.419 e. The van der Waals surface area contributed by atoms with Gasteiger partial charge in [-0.15, -0.1) is 0 Å². The van der Waals surface area contributed by atoms with Gasteiger partial charge >= 0.3 is 6.18 Å². The van der Waals surface area contributed by atoms with E-state index >= 15 is 0 Å². The molecule has 178 valence electrons. The Bertz CT molecular complexity index is 1430. The predicted octanol–water partition coefficient (Wildman–Crippen LogP) is 6.99. The minimum atomic E-state index is -4.50. The Morgan fingerprint density at radius 2 is 1.35 bits per heavy atom. The van der Waals surface area contributed by atoms with E-state index in [0.717, 1.165) is 22.8 Å². The van der Waals surface area contributed by atoms with Gasteiger partial charge < -0.3 is 0 Å². The zero-order valence-corrected chi connectivity index (χ0v) is 20.1. The maximum Gasteiger partial charge on any atom is 0.419 e. The lowest BCUT2D eigenvalue weighted by atomic mass is 9.99. The number of imidazole rings is 1. The standard InChI is InChI=1S/C26H25F3N2O2S/c1-16(2)23-24(31-15-5-6-22(25(31)30-23)26(27,28)29)20-9-7-18(8-10-20)19-11-13-21(14-12-19)34(32,33)17(3)4/h5-17H,1-4H3. The van der Waals surface area contributed by atoms with Crippen LogP contribution in [0, 0.1) is 0 Å². The van der Waals surface area contributed by atoms with Crippen LogP contribution in [0.1, 0.15) is 44.9 Å².